The number of hydrogen-bond donors (Lipinski definition) is 0. The Morgan fingerprint density at radius 3 is 1.09 bits per heavy atom. The Morgan fingerprint density at radius 2 is 0.818 bits per heavy atom. The van der Waals surface area contributed by atoms with Crippen molar-refractivity contribution in [1.29, 1.82) is 0 Å². The maximum atomic E-state index is 2.12. The van der Waals surface area contributed by atoms with E-state index in [1.165, 1.54) is 10.8 Å². The summed E-state index contributed by atoms with van der Waals surface area (Å²) < 4.78 is 0. The van der Waals surface area contributed by atoms with Gasteiger partial charge in [-0.3, -0.25) is 0 Å². The Labute approximate surface area is 70.9 Å². The third-order valence-corrected chi connectivity index (χ3v) is 1.66. The van der Waals surface area contributed by atoms with Gasteiger partial charge in [-0.25, -0.2) is 0 Å². The van der Waals surface area contributed by atoms with E-state index in [9.17, 15) is 0 Å². The van der Waals surface area contributed by atoms with Crippen LogP contribution in [0.5, 0.6) is 0 Å². The van der Waals surface area contributed by atoms with Crippen molar-refractivity contribution >= 4 is 21.7 Å². The minimum absolute atomic E-state index is 0. The van der Waals surface area contributed by atoms with Crippen LogP contribution in [-0.2, 0) is 0 Å². The Morgan fingerprint density at radius 1 is 0.545 bits per heavy atom. The van der Waals surface area contributed by atoms with Crippen molar-refractivity contribution in [2.24, 2.45) is 0 Å². The van der Waals surface area contributed by atoms with Gasteiger partial charge in [-0.2, -0.15) is 0 Å². The van der Waals surface area contributed by atoms with Gasteiger partial charge in [0.2, 0.25) is 0 Å². The van der Waals surface area contributed by atoms with Crippen LogP contribution in [0.25, 0.3) is 10.8 Å². The molecular formula is C10H12Si. The average molecular weight is 160 g/mol. The molecule has 0 amide bonds. The molecule has 0 radical (unpaired) electrons. The lowest BCUT2D eigenvalue weighted by Crippen LogP contribution is -1.67. The van der Waals surface area contributed by atoms with Crippen molar-refractivity contribution in [2.75, 3.05) is 0 Å². The van der Waals surface area contributed by atoms with Gasteiger partial charge in [0, 0.05) is 0 Å². The molecule has 0 bridgehead atoms. The lowest BCUT2D eigenvalue weighted by molar-refractivity contribution is 1.75. The minimum atomic E-state index is 0. The van der Waals surface area contributed by atoms with E-state index in [1.807, 2.05) is 0 Å². The zero-order valence-electron chi connectivity index (χ0n) is 5.62. The van der Waals surface area contributed by atoms with Crippen molar-refractivity contribution in [3.63, 3.8) is 0 Å². The normalized spacial score (nSPS) is 9.09. The zero-order valence-corrected chi connectivity index (χ0v) is 5.62. The van der Waals surface area contributed by atoms with Gasteiger partial charge in [0.05, 0.1) is 0 Å². The first-order valence-corrected chi connectivity index (χ1v) is 3.40. The molecule has 0 spiro atoms. The summed E-state index contributed by atoms with van der Waals surface area (Å²) in [5.74, 6) is 0. The Kier molecular flexibility index (Phi) is 2.44. The predicted octanol–water partition coefficient (Wildman–Crippen LogP) is 1.39. The summed E-state index contributed by atoms with van der Waals surface area (Å²) in [6.07, 6.45) is 0. The van der Waals surface area contributed by atoms with Gasteiger partial charge >= 0.3 is 0 Å². The van der Waals surface area contributed by atoms with E-state index in [4.69, 9.17) is 0 Å². The highest BCUT2D eigenvalue weighted by molar-refractivity contribution is 5.81. The molecule has 2 aromatic carbocycles. The predicted molar refractivity (Wildman–Crippen MR) is 55.3 cm³/mol. The van der Waals surface area contributed by atoms with Crippen LogP contribution in [0, 0.1) is 0 Å². The van der Waals surface area contributed by atoms with Crippen LogP contribution in [0.15, 0.2) is 48.5 Å². The fourth-order valence-electron chi connectivity index (χ4n) is 1.13. The second kappa shape index (κ2) is 3.35. The van der Waals surface area contributed by atoms with E-state index in [-0.39, 0.29) is 11.0 Å². The average Bonchev–Trinajstić information content (AvgIpc) is 2.05. The highest BCUT2D eigenvalue weighted by atomic mass is 28.1. The zero-order chi connectivity index (χ0) is 6.81. The van der Waals surface area contributed by atoms with Gasteiger partial charge in [0.1, 0.15) is 0 Å². The summed E-state index contributed by atoms with van der Waals surface area (Å²) in [6, 6.07) is 16.7. The van der Waals surface area contributed by atoms with Crippen LogP contribution in [-0.4, -0.2) is 11.0 Å². The Balaban J connectivity index is 0.000000605. The third-order valence-electron chi connectivity index (χ3n) is 1.66. The van der Waals surface area contributed by atoms with Gasteiger partial charge in [-0.1, -0.05) is 48.5 Å². The molecule has 11 heavy (non-hydrogen) atoms. The number of hydrogen-bond acceptors (Lipinski definition) is 0. The largest absolute Gasteiger partial charge is 0.0616 e. The second-order valence-electron chi connectivity index (χ2n) is 2.35. The summed E-state index contributed by atoms with van der Waals surface area (Å²) in [7, 11) is 0. The van der Waals surface area contributed by atoms with Gasteiger partial charge in [-0.15, -0.1) is 0 Å². The molecule has 0 aromatic heterocycles. The standard InChI is InChI=1S/C10H8.H4Si/c1-2-6-10-8-4-3-7-9(10)5-1;/h1-8H;1H4. The molecule has 2 rings (SSSR count). The van der Waals surface area contributed by atoms with E-state index < -0.39 is 0 Å². The van der Waals surface area contributed by atoms with Crippen molar-refractivity contribution in [2.45, 2.75) is 0 Å². The molecule has 0 N–H and O–H groups in total. The fraction of sp³-hybridized carbons (Fsp3) is 0. The molecule has 0 aliphatic carbocycles. The SMILES string of the molecule is [SiH4].c1ccc2ccccc2c1. The molecule has 0 atom stereocenters. The number of fused-ring (bicyclic) bond motifs is 1. The Hall–Kier alpha value is -1.08. The molecule has 0 heterocycles. The minimum Gasteiger partial charge on any atom is -0.0616 e. The van der Waals surface area contributed by atoms with Crippen molar-refractivity contribution in [3.05, 3.63) is 48.5 Å². The number of rotatable bonds is 0. The lowest BCUT2D eigenvalue weighted by Gasteiger charge is -1.92. The topological polar surface area (TPSA) is 0 Å². The maximum Gasteiger partial charge on any atom is -0.0149 e. The molecule has 56 valence electrons. The molecule has 1 heteroatoms. The van der Waals surface area contributed by atoms with Crippen LogP contribution >= 0.6 is 0 Å². The molecule has 2 aromatic rings. The first-order valence-electron chi connectivity index (χ1n) is 3.40. The molecule has 0 aliphatic heterocycles. The van der Waals surface area contributed by atoms with Crippen LogP contribution in [0.4, 0.5) is 0 Å². The second-order valence-corrected chi connectivity index (χ2v) is 2.35. The molecule has 0 nitrogen and oxygen atoms in total. The first-order chi connectivity index (χ1) is 4.97. The smallest absolute Gasteiger partial charge is 0.0149 e. The van der Waals surface area contributed by atoms with Crippen molar-refractivity contribution in [1.82, 2.24) is 0 Å². The summed E-state index contributed by atoms with van der Waals surface area (Å²) in [5, 5.41) is 2.62. The van der Waals surface area contributed by atoms with Gasteiger partial charge in [0.25, 0.3) is 0 Å². The molecule has 0 saturated carbocycles. The van der Waals surface area contributed by atoms with E-state index >= 15 is 0 Å². The molecule has 0 aliphatic rings. The first kappa shape index (κ1) is 8.02. The Bertz CT molecular complexity index is 276. The van der Waals surface area contributed by atoms with Crippen LogP contribution in [0.1, 0.15) is 0 Å². The van der Waals surface area contributed by atoms with Crippen molar-refractivity contribution in [3.8, 4) is 0 Å². The van der Waals surface area contributed by atoms with E-state index in [0.717, 1.165) is 0 Å². The van der Waals surface area contributed by atoms with E-state index in [2.05, 4.69) is 48.5 Å². The van der Waals surface area contributed by atoms with E-state index in [1.54, 1.807) is 0 Å². The molecule has 0 saturated heterocycles. The molecular weight excluding hydrogens is 148 g/mol. The summed E-state index contributed by atoms with van der Waals surface area (Å²) >= 11 is 0. The third kappa shape index (κ3) is 1.49. The van der Waals surface area contributed by atoms with Crippen LogP contribution in [0.3, 0.4) is 0 Å². The fourth-order valence-corrected chi connectivity index (χ4v) is 1.13. The highest BCUT2D eigenvalue weighted by Gasteiger charge is 1.85. The molecule has 0 unspecified atom stereocenters. The highest BCUT2D eigenvalue weighted by Crippen LogP contribution is 2.11. The van der Waals surface area contributed by atoms with Crippen LogP contribution < -0.4 is 0 Å². The number of benzene rings is 2. The lowest BCUT2D eigenvalue weighted by atomic mass is 10.1. The van der Waals surface area contributed by atoms with E-state index in [0.29, 0.717) is 0 Å². The van der Waals surface area contributed by atoms with Crippen molar-refractivity contribution < 1.29 is 0 Å². The maximum absolute atomic E-state index is 2.12. The summed E-state index contributed by atoms with van der Waals surface area (Å²) in [6.45, 7) is 0. The van der Waals surface area contributed by atoms with Crippen LogP contribution in [0.2, 0.25) is 0 Å². The summed E-state index contributed by atoms with van der Waals surface area (Å²) in [4.78, 5) is 0. The quantitative estimate of drug-likeness (QED) is 0.511. The molecule has 0 fully saturated rings. The van der Waals surface area contributed by atoms with Gasteiger partial charge in [0.15, 0.2) is 0 Å². The van der Waals surface area contributed by atoms with Gasteiger partial charge < -0.3 is 0 Å². The summed E-state index contributed by atoms with van der Waals surface area (Å²) in [5.41, 5.74) is 0. The monoisotopic (exact) mass is 160 g/mol. The van der Waals surface area contributed by atoms with Gasteiger partial charge in [-0.05, 0) is 21.7 Å².